The Morgan fingerprint density at radius 3 is 2.22 bits per heavy atom. The molecule has 2 aliphatic rings. The van der Waals surface area contributed by atoms with E-state index in [0.717, 1.165) is 30.8 Å². The van der Waals surface area contributed by atoms with Crippen LogP contribution in [0.15, 0.2) is 60.7 Å². The van der Waals surface area contributed by atoms with Gasteiger partial charge in [0.1, 0.15) is 30.0 Å². The van der Waals surface area contributed by atoms with Crippen molar-refractivity contribution in [2.45, 2.75) is 97.2 Å². The van der Waals surface area contributed by atoms with Gasteiger partial charge < -0.3 is 30.2 Å². The van der Waals surface area contributed by atoms with Gasteiger partial charge in [0.2, 0.25) is 17.7 Å². The maximum atomic E-state index is 13.6. The van der Waals surface area contributed by atoms with Crippen molar-refractivity contribution >= 4 is 23.7 Å². The lowest BCUT2D eigenvalue weighted by Crippen LogP contribution is -2.49. The highest BCUT2D eigenvalue weighted by molar-refractivity contribution is 5.93. The predicted octanol–water partition coefficient (Wildman–Crippen LogP) is 4.25. The van der Waals surface area contributed by atoms with Crippen LogP contribution < -0.4 is 20.7 Å². The Bertz CT molecular complexity index is 1460. The van der Waals surface area contributed by atoms with Crippen molar-refractivity contribution in [2.24, 2.45) is 11.8 Å². The number of nitrogens with zero attached hydrogens (tertiary/aromatic N) is 1. The van der Waals surface area contributed by atoms with E-state index in [0.29, 0.717) is 12.2 Å². The van der Waals surface area contributed by atoms with Crippen LogP contribution >= 0.6 is 0 Å². The number of amides is 3. The van der Waals surface area contributed by atoms with E-state index >= 15 is 0 Å². The largest absolute Gasteiger partial charge is 0.497 e. The van der Waals surface area contributed by atoms with Gasteiger partial charge in [0.05, 0.1) is 13.2 Å². The first-order valence-corrected chi connectivity index (χ1v) is 17.8. The van der Waals surface area contributed by atoms with Crippen LogP contribution in [0.2, 0.25) is 0 Å². The molecule has 2 aromatic rings. The van der Waals surface area contributed by atoms with Crippen LogP contribution in [0, 0.1) is 11.8 Å². The second-order valence-electron chi connectivity index (χ2n) is 13.6. The van der Waals surface area contributed by atoms with Gasteiger partial charge in [-0.25, -0.2) is 4.79 Å². The normalized spacial score (nSPS) is 24.9. The molecule has 11 nitrogen and oxygen atoms in total. The fourth-order valence-electron chi connectivity index (χ4n) is 6.23. The molecule has 1 fully saturated rings. The molecule has 2 aromatic carbocycles. The van der Waals surface area contributed by atoms with Gasteiger partial charge >= 0.3 is 5.97 Å². The number of cyclic esters (lactones) is 1. The number of rotatable bonds is 12. The summed E-state index contributed by atoms with van der Waals surface area (Å²) in [6.45, 7) is 13.1. The standard InChI is InChI=1S/C39H54N4O7/c1-7-43(8-2)24-28-12-16-29(17-13-28)37-36(50-37)26(5)33-10-9-11-34(44)41-31(23-27-14-18-30(48-6)19-15-27)38(46)40-21-20-35(45)42-32(22-25(3)4)39(47)49-33/h9,11-19,25-26,31-33,36-37H,7-8,10,20-24H2,1-6H3,(H,40,46)(H,41,44)(H,42,45)/b11-9+/t26-,31+,32-,33-,36+,37-/m0/s1. The summed E-state index contributed by atoms with van der Waals surface area (Å²) in [5.74, 6) is -1.20. The highest BCUT2D eigenvalue weighted by Crippen LogP contribution is 2.45. The third-order valence-electron chi connectivity index (χ3n) is 9.35. The van der Waals surface area contributed by atoms with Crippen molar-refractivity contribution in [1.29, 1.82) is 0 Å². The van der Waals surface area contributed by atoms with Crippen LogP contribution in [0.1, 0.15) is 76.7 Å². The van der Waals surface area contributed by atoms with E-state index < -0.39 is 36.0 Å². The Kier molecular flexibility index (Phi) is 14.4. The molecule has 3 amide bonds. The van der Waals surface area contributed by atoms with Crippen LogP contribution in [0.3, 0.4) is 0 Å². The van der Waals surface area contributed by atoms with Crippen molar-refractivity contribution < 1.29 is 33.4 Å². The lowest BCUT2D eigenvalue weighted by atomic mass is 9.93. The van der Waals surface area contributed by atoms with Crippen LogP contribution in [0.5, 0.6) is 5.75 Å². The summed E-state index contributed by atoms with van der Waals surface area (Å²) < 4.78 is 17.5. The molecule has 11 heteroatoms. The van der Waals surface area contributed by atoms with E-state index in [1.54, 1.807) is 25.3 Å². The molecule has 0 aliphatic carbocycles. The maximum absolute atomic E-state index is 13.6. The minimum Gasteiger partial charge on any atom is -0.497 e. The zero-order valence-corrected chi connectivity index (χ0v) is 30.3. The molecule has 0 radical (unpaired) electrons. The number of nitrogens with one attached hydrogen (secondary N) is 3. The topological polar surface area (TPSA) is 139 Å². The van der Waals surface area contributed by atoms with Crippen molar-refractivity contribution in [3.05, 3.63) is 77.4 Å². The zero-order valence-electron chi connectivity index (χ0n) is 30.3. The van der Waals surface area contributed by atoms with E-state index in [9.17, 15) is 19.2 Å². The molecule has 0 unspecified atom stereocenters. The molecule has 6 atom stereocenters. The second-order valence-corrected chi connectivity index (χ2v) is 13.6. The number of benzene rings is 2. The number of epoxide rings is 1. The zero-order chi connectivity index (χ0) is 36.2. The molecule has 0 aromatic heterocycles. The summed E-state index contributed by atoms with van der Waals surface area (Å²) >= 11 is 0. The Hall–Kier alpha value is -4.22. The summed E-state index contributed by atoms with van der Waals surface area (Å²) in [4.78, 5) is 55.2. The monoisotopic (exact) mass is 690 g/mol. The van der Waals surface area contributed by atoms with Crippen LogP contribution in [0.4, 0.5) is 0 Å². The molecule has 0 saturated carbocycles. The highest BCUT2D eigenvalue weighted by atomic mass is 16.6. The summed E-state index contributed by atoms with van der Waals surface area (Å²) in [5, 5.41) is 8.39. The third-order valence-corrected chi connectivity index (χ3v) is 9.35. The van der Waals surface area contributed by atoms with Crippen molar-refractivity contribution in [3.8, 4) is 5.75 Å². The second kappa shape index (κ2) is 18.7. The molecule has 50 heavy (non-hydrogen) atoms. The summed E-state index contributed by atoms with van der Waals surface area (Å²) in [6, 6.07) is 14.0. The first kappa shape index (κ1) is 38.6. The molecule has 2 heterocycles. The fourth-order valence-corrected chi connectivity index (χ4v) is 6.23. The van der Waals surface area contributed by atoms with Gasteiger partial charge in [-0.15, -0.1) is 0 Å². The van der Waals surface area contributed by atoms with Gasteiger partial charge in [0.25, 0.3) is 0 Å². The molecule has 4 rings (SSSR count). The average molecular weight is 691 g/mol. The molecule has 1 saturated heterocycles. The third kappa shape index (κ3) is 11.4. The lowest BCUT2D eigenvalue weighted by molar-refractivity contribution is -0.156. The van der Waals surface area contributed by atoms with E-state index in [4.69, 9.17) is 14.2 Å². The Labute approximate surface area is 296 Å². The quantitative estimate of drug-likeness (QED) is 0.222. The van der Waals surface area contributed by atoms with Crippen LogP contribution in [0.25, 0.3) is 0 Å². The first-order chi connectivity index (χ1) is 24.0. The van der Waals surface area contributed by atoms with Crippen LogP contribution in [-0.4, -0.2) is 79.6 Å². The number of ether oxygens (including phenoxy) is 3. The van der Waals surface area contributed by atoms with E-state index in [1.165, 1.54) is 11.6 Å². The van der Waals surface area contributed by atoms with Gasteiger partial charge in [-0.2, -0.15) is 0 Å². The van der Waals surface area contributed by atoms with Gasteiger partial charge in [-0.05, 0) is 60.3 Å². The summed E-state index contributed by atoms with van der Waals surface area (Å²) in [6.07, 6.45) is 2.92. The van der Waals surface area contributed by atoms with Gasteiger partial charge in [0.15, 0.2) is 0 Å². The number of carbonyl (C=O) groups excluding carboxylic acids is 4. The number of carbonyl (C=O) groups is 4. The Morgan fingerprint density at radius 1 is 0.900 bits per heavy atom. The fraction of sp³-hybridized carbons (Fsp3) is 0.538. The molecule has 0 bridgehead atoms. The lowest BCUT2D eigenvalue weighted by Gasteiger charge is -2.26. The number of methoxy groups -OCH3 is 1. The minimum atomic E-state index is -0.878. The minimum absolute atomic E-state index is 0.0371. The predicted molar refractivity (Wildman–Crippen MR) is 191 cm³/mol. The number of hydrogen-bond acceptors (Lipinski definition) is 8. The van der Waals surface area contributed by atoms with Gasteiger partial charge in [0, 0.05) is 38.3 Å². The maximum Gasteiger partial charge on any atom is 0.328 e. The summed E-state index contributed by atoms with van der Waals surface area (Å²) in [5.41, 5.74) is 3.13. The van der Waals surface area contributed by atoms with E-state index in [2.05, 4.69) is 59.0 Å². The Balaban J connectivity index is 1.52. The molecule has 3 N–H and O–H groups in total. The first-order valence-electron chi connectivity index (χ1n) is 17.8. The molecule has 2 aliphatic heterocycles. The summed E-state index contributed by atoms with van der Waals surface area (Å²) in [7, 11) is 1.58. The molecular weight excluding hydrogens is 636 g/mol. The number of esters is 1. The van der Waals surface area contributed by atoms with Crippen molar-refractivity contribution in [2.75, 3.05) is 26.7 Å². The van der Waals surface area contributed by atoms with E-state index in [1.807, 2.05) is 32.9 Å². The molecule has 0 spiro atoms. The van der Waals surface area contributed by atoms with Crippen molar-refractivity contribution in [3.63, 3.8) is 0 Å². The molecule has 272 valence electrons. The van der Waals surface area contributed by atoms with Crippen LogP contribution in [-0.2, 0) is 41.6 Å². The molecular formula is C39H54N4O7. The SMILES string of the molecule is CCN(CC)Cc1ccc([C@@H]2O[C@@H]2[C@@H](C)[C@@H]2C/C=C/C(=O)N[C@H](Cc3ccc(OC)cc3)C(=O)NCCC(=O)N[C@@H](CC(C)C)C(=O)O2)cc1. The van der Waals surface area contributed by atoms with Crippen molar-refractivity contribution in [1.82, 2.24) is 20.9 Å². The Morgan fingerprint density at radius 2 is 1.58 bits per heavy atom. The van der Waals surface area contributed by atoms with Gasteiger partial charge in [-0.3, -0.25) is 19.3 Å². The highest BCUT2D eigenvalue weighted by Gasteiger charge is 2.47. The average Bonchev–Trinajstić information content (AvgIpc) is 3.90. The smallest absolute Gasteiger partial charge is 0.328 e. The number of hydrogen-bond donors (Lipinski definition) is 3. The van der Waals surface area contributed by atoms with E-state index in [-0.39, 0.29) is 55.8 Å². The van der Waals surface area contributed by atoms with Gasteiger partial charge in [-0.1, -0.05) is 77.1 Å².